The Morgan fingerprint density at radius 2 is 2.22 bits per heavy atom. The first kappa shape index (κ1) is 13.0. The molecule has 1 fully saturated rings. The van der Waals surface area contributed by atoms with E-state index < -0.39 is 0 Å². The molecule has 2 heterocycles. The summed E-state index contributed by atoms with van der Waals surface area (Å²) in [5.41, 5.74) is 0.810. The molecule has 1 amide bonds. The van der Waals surface area contributed by atoms with Crippen LogP contribution in [0.1, 0.15) is 38.3 Å². The molecule has 0 aromatic carbocycles. The minimum absolute atomic E-state index is 0.0271. The Balaban J connectivity index is 1.98. The quantitative estimate of drug-likeness (QED) is 0.854. The van der Waals surface area contributed by atoms with Gasteiger partial charge in [-0.15, -0.1) is 0 Å². The standard InChI is InChI=1S/C14H21N3O/c1-11(12-4-8-15-9-5-12)17-13(18)14(2)6-3-7-16-10-14/h4-5,8-9,11,16H,3,6-7,10H2,1-2H3,(H,17,18)/t11-,14?/m0/s1. The van der Waals surface area contributed by atoms with E-state index in [1.165, 1.54) is 0 Å². The van der Waals surface area contributed by atoms with Crippen molar-refractivity contribution >= 4 is 5.91 Å². The van der Waals surface area contributed by atoms with E-state index in [0.29, 0.717) is 0 Å². The Labute approximate surface area is 108 Å². The van der Waals surface area contributed by atoms with Crippen molar-refractivity contribution in [3.8, 4) is 0 Å². The molecule has 2 N–H and O–H groups in total. The zero-order valence-electron chi connectivity index (χ0n) is 11.1. The molecule has 1 aliphatic rings. The number of pyridine rings is 1. The molecule has 2 rings (SSSR count). The van der Waals surface area contributed by atoms with Crippen molar-refractivity contribution in [3.05, 3.63) is 30.1 Å². The van der Waals surface area contributed by atoms with Crippen molar-refractivity contribution < 1.29 is 4.79 Å². The molecule has 0 radical (unpaired) electrons. The van der Waals surface area contributed by atoms with Crippen LogP contribution in [0.5, 0.6) is 0 Å². The second-order valence-electron chi connectivity index (χ2n) is 5.32. The van der Waals surface area contributed by atoms with Gasteiger partial charge in [0.15, 0.2) is 0 Å². The second-order valence-corrected chi connectivity index (χ2v) is 5.32. The highest BCUT2D eigenvalue weighted by atomic mass is 16.2. The Morgan fingerprint density at radius 1 is 1.50 bits per heavy atom. The summed E-state index contributed by atoms with van der Waals surface area (Å²) < 4.78 is 0. The molecule has 2 atom stereocenters. The highest BCUT2D eigenvalue weighted by molar-refractivity contribution is 5.83. The lowest BCUT2D eigenvalue weighted by atomic mass is 9.81. The molecule has 1 aromatic rings. The molecular weight excluding hydrogens is 226 g/mol. The largest absolute Gasteiger partial charge is 0.349 e. The average Bonchev–Trinajstić information content (AvgIpc) is 2.40. The predicted molar refractivity (Wildman–Crippen MR) is 71.0 cm³/mol. The van der Waals surface area contributed by atoms with Crippen LogP contribution in [-0.4, -0.2) is 24.0 Å². The maximum absolute atomic E-state index is 12.3. The zero-order chi connectivity index (χ0) is 13.0. The van der Waals surface area contributed by atoms with Gasteiger partial charge in [-0.3, -0.25) is 9.78 Å². The van der Waals surface area contributed by atoms with Crippen LogP contribution in [-0.2, 0) is 4.79 Å². The highest BCUT2D eigenvalue weighted by Gasteiger charge is 2.35. The number of nitrogens with zero attached hydrogens (tertiary/aromatic N) is 1. The molecule has 1 aliphatic heterocycles. The average molecular weight is 247 g/mol. The van der Waals surface area contributed by atoms with Crippen LogP contribution < -0.4 is 10.6 Å². The van der Waals surface area contributed by atoms with Crippen molar-refractivity contribution in [2.24, 2.45) is 5.41 Å². The summed E-state index contributed by atoms with van der Waals surface area (Å²) >= 11 is 0. The number of amides is 1. The van der Waals surface area contributed by atoms with Crippen molar-refractivity contribution in [1.82, 2.24) is 15.6 Å². The zero-order valence-corrected chi connectivity index (χ0v) is 11.1. The fraction of sp³-hybridized carbons (Fsp3) is 0.571. The van der Waals surface area contributed by atoms with Crippen molar-refractivity contribution in [2.45, 2.75) is 32.7 Å². The van der Waals surface area contributed by atoms with E-state index in [4.69, 9.17) is 0 Å². The molecule has 0 saturated carbocycles. The lowest BCUT2D eigenvalue weighted by Gasteiger charge is -2.33. The molecule has 0 bridgehead atoms. The highest BCUT2D eigenvalue weighted by Crippen LogP contribution is 2.26. The van der Waals surface area contributed by atoms with Crippen molar-refractivity contribution in [1.29, 1.82) is 0 Å². The molecule has 0 spiro atoms. The fourth-order valence-corrected chi connectivity index (χ4v) is 2.36. The summed E-state index contributed by atoms with van der Waals surface area (Å²) in [6.07, 6.45) is 5.52. The number of rotatable bonds is 3. The van der Waals surface area contributed by atoms with Gasteiger partial charge in [0.2, 0.25) is 5.91 Å². The topological polar surface area (TPSA) is 54.0 Å². The molecule has 0 aliphatic carbocycles. The van der Waals surface area contributed by atoms with Gasteiger partial charge in [0.05, 0.1) is 11.5 Å². The number of nitrogens with one attached hydrogen (secondary N) is 2. The first-order valence-electron chi connectivity index (χ1n) is 6.53. The minimum Gasteiger partial charge on any atom is -0.349 e. The summed E-state index contributed by atoms with van der Waals surface area (Å²) in [5.74, 6) is 0.138. The Kier molecular flexibility index (Phi) is 3.97. The number of hydrogen-bond donors (Lipinski definition) is 2. The van der Waals surface area contributed by atoms with Gasteiger partial charge >= 0.3 is 0 Å². The SMILES string of the molecule is C[C@H](NC(=O)C1(C)CCCNC1)c1ccncc1. The molecule has 4 nitrogen and oxygen atoms in total. The van der Waals surface area contributed by atoms with Crippen LogP contribution in [0.4, 0.5) is 0 Å². The van der Waals surface area contributed by atoms with Gasteiger partial charge in [0, 0.05) is 18.9 Å². The summed E-state index contributed by atoms with van der Waals surface area (Å²) in [5, 5.41) is 6.40. The molecule has 18 heavy (non-hydrogen) atoms. The summed E-state index contributed by atoms with van der Waals surface area (Å²) in [7, 11) is 0. The number of aromatic nitrogens is 1. The molecule has 1 saturated heterocycles. The molecule has 1 aromatic heterocycles. The van der Waals surface area contributed by atoms with E-state index in [9.17, 15) is 4.79 Å². The monoisotopic (exact) mass is 247 g/mol. The maximum atomic E-state index is 12.3. The number of hydrogen-bond acceptors (Lipinski definition) is 3. The third-order valence-electron chi connectivity index (χ3n) is 3.70. The molecule has 98 valence electrons. The van der Waals surface area contributed by atoms with Crippen LogP contribution in [0.2, 0.25) is 0 Å². The minimum atomic E-state index is -0.278. The lowest BCUT2D eigenvalue weighted by molar-refractivity contribution is -0.131. The smallest absolute Gasteiger partial charge is 0.227 e. The van der Waals surface area contributed by atoms with Gasteiger partial charge in [0.1, 0.15) is 0 Å². The van der Waals surface area contributed by atoms with E-state index in [-0.39, 0.29) is 17.4 Å². The van der Waals surface area contributed by atoms with Crippen LogP contribution in [0.25, 0.3) is 0 Å². The van der Waals surface area contributed by atoms with Gasteiger partial charge in [-0.25, -0.2) is 0 Å². The van der Waals surface area contributed by atoms with Gasteiger partial charge in [-0.1, -0.05) is 0 Å². The first-order valence-corrected chi connectivity index (χ1v) is 6.53. The Hall–Kier alpha value is -1.42. The lowest BCUT2D eigenvalue weighted by Crippen LogP contribution is -2.49. The number of carbonyl (C=O) groups is 1. The third kappa shape index (κ3) is 2.88. The van der Waals surface area contributed by atoms with Gasteiger partial charge in [-0.05, 0) is 50.9 Å². The summed E-state index contributed by atoms with van der Waals surface area (Å²) in [6, 6.07) is 3.90. The summed E-state index contributed by atoms with van der Waals surface area (Å²) in [4.78, 5) is 16.3. The normalized spacial score (nSPS) is 25.4. The van der Waals surface area contributed by atoms with Gasteiger partial charge in [-0.2, -0.15) is 0 Å². The Bertz CT molecular complexity index is 399. The first-order chi connectivity index (χ1) is 8.62. The summed E-state index contributed by atoms with van der Waals surface area (Å²) in [6.45, 7) is 5.82. The van der Waals surface area contributed by atoms with Crippen LogP contribution in [0.3, 0.4) is 0 Å². The van der Waals surface area contributed by atoms with Crippen LogP contribution in [0, 0.1) is 5.41 Å². The van der Waals surface area contributed by atoms with Gasteiger partial charge < -0.3 is 10.6 Å². The fourth-order valence-electron chi connectivity index (χ4n) is 2.36. The van der Waals surface area contributed by atoms with Crippen molar-refractivity contribution in [3.63, 3.8) is 0 Å². The Morgan fingerprint density at radius 3 is 2.83 bits per heavy atom. The van der Waals surface area contributed by atoms with E-state index in [0.717, 1.165) is 31.5 Å². The second kappa shape index (κ2) is 5.48. The third-order valence-corrected chi connectivity index (χ3v) is 3.70. The van der Waals surface area contributed by atoms with Gasteiger partial charge in [0.25, 0.3) is 0 Å². The van der Waals surface area contributed by atoms with E-state index in [1.54, 1.807) is 12.4 Å². The predicted octanol–water partition coefficient (Wildman–Crippen LogP) is 1.65. The van der Waals surface area contributed by atoms with E-state index >= 15 is 0 Å². The van der Waals surface area contributed by atoms with Crippen molar-refractivity contribution in [2.75, 3.05) is 13.1 Å². The van der Waals surface area contributed by atoms with E-state index in [2.05, 4.69) is 15.6 Å². The maximum Gasteiger partial charge on any atom is 0.227 e. The molecular formula is C14H21N3O. The van der Waals surface area contributed by atoms with Crippen LogP contribution >= 0.6 is 0 Å². The van der Waals surface area contributed by atoms with E-state index in [1.807, 2.05) is 26.0 Å². The number of piperidine rings is 1. The number of carbonyl (C=O) groups excluding carboxylic acids is 1. The van der Waals surface area contributed by atoms with Crippen LogP contribution in [0.15, 0.2) is 24.5 Å². The molecule has 4 heteroatoms. The molecule has 1 unspecified atom stereocenters.